The third-order valence-electron chi connectivity index (χ3n) is 4.49. The molecule has 1 aromatic carbocycles. The van der Waals surface area contributed by atoms with Crippen molar-refractivity contribution in [1.82, 2.24) is 0 Å². The first-order valence-electron chi connectivity index (χ1n) is 9.14. The van der Waals surface area contributed by atoms with E-state index < -0.39 is 11.6 Å². The smallest absolute Gasteiger partial charge is 0.201 e. The van der Waals surface area contributed by atoms with Gasteiger partial charge >= 0.3 is 0 Å². The van der Waals surface area contributed by atoms with E-state index in [-0.39, 0.29) is 5.75 Å². The van der Waals surface area contributed by atoms with Crippen LogP contribution in [-0.2, 0) is 0 Å². The van der Waals surface area contributed by atoms with E-state index >= 15 is 0 Å². The maximum atomic E-state index is 14.4. The highest BCUT2D eigenvalue weighted by atomic mass is 19.2. The largest absolute Gasteiger partial charge is 0.490 e. The predicted molar refractivity (Wildman–Crippen MR) is 96.1 cm³/mol. The van der Waals surface area contributed by atoms with Gasteiger partial charge in [0.05, 0.1) is 6.61 Å². The molecule has 0 radical (unpaired) electrons. The Labute approximate surface area is 144 Å². The van der Waals surface area contributed by atoms with Gasteiger partial charge in [0.2, 0.25) is 5.82 Å². The van der Waals surface area contributed by atoms with Crippen molar-refractivity contribution in [2.24, 2.45) is 5.92 Å². The van der Waals surface area contributed by atoms with Crippen molar-refractivity contribution < 1.29 is 13.5 Å². The highest BCUT2D eigenvalue weighted by Gasteiger charge is 2.20. The molecular weight excluding hydrogens is 306 g/mol. The van der Waals surface area contributed by atoms with Gasteiger partial charge in [-0.05, 0) is 55.7 Å². The molecule has 1 nitrogen and oxygen atoms in total. The molecular formula is C21H28F2O. The van der Waals surface area contributed by atoms with Crippen LogP contribution in [0.4, 0.5) is 8.78 Å². The van der Waals surface area contributed by atoms with Gasteiger partial charge in [-0.1, -0.05) is 44.9 Å². The van der Waals surface area contributed by atoms with Gasteiger partial charge in [0.15, 0.2) is 11.6 Å². The summed E-state index contributed by atoms with van der Waals surface area (Å²) in [6.07, 6.45) is 13.1. The summed E-state index contributed by atoms with van der Waals surface area (Å²) >= 11 is 0. The Morgan fingerprint density at radius 3 is 2.67 bits per heavy atom. The van der Waals surface area contributed by atoms with Crippen molar-refractivity contribution in [1.29, 1.82) is 0 Å². The molecule has 0 amide bonds. The lowest BCUT2D eigenvalue weighted by Crippen LogP contribution is -2.06. The first kappa shape index (κ1) is 18.7. The fourth-order valence-corrected chi connectivity index (χ4v) is 3.03. The SMILES string of the molecule is CC/C=C/C1CC=C(c2ccc(OCCCCC)c(F)c2F)CC1. The minimum absolute atomic E-state index is 0.0209. The van der Waals surface area contributed by atoms with Gasteiger partial charge in [-0.2, -0.15) is 4.39 Å². The third-order valence-corrected chi connectivity index (χ3v) is 4.49. The first-order valence-corrected chi connectivity index (χ1v) is 9.14. The van der Waals surface area contributed by atoms with E-state index in [1.165, 1.54) is 0 Å². The molecule has 24 heavy (non-hydrogen) atoms. The van der Waals surface area contributed by atoms with Crippen LogP contribution in [0.1, 0.15) is 64.4 Å². The van der Waals surface area contributed by atoms with Gasteiger partial charge < -0.3 is 4.74 Å². The summed E-state index contributed by atoms with van der Waals surface area (Å²) in [6, 6.07) is 3.21. The average molecular weight is 334 g/mol. The molecule has 1 aliphatic carbocycles. The lowest BCUT2D eigenvalue weighted by molar-refractivity contribution is 0.286. The molecule has 3 heteroatoms. The van der Waals surface area contributed by atoms with Crippen molar-refractivity contribution in [3.8, 4) is 5.75 Å². The molecule has 2 rings (SSSR count). The molecule has 1 atom stereocenters. The van der Waals surface area contributed by atoms with E-state index in [4.69, 9.17) is 4.74 Å². The summed E-state index contributed by atoms with van der Waals surface area (Å²) in [5.74, 6) is -1.11. The fourth-order valence-electron chi connectivity index (χ4n) is 3.03. The molecule has 0 saturated carbocycles. The summed E-state index contributed by atoms with van der Waals surface area (Å²) in [5, 5.41) is 0. The van der Waals surface area contributed by atoms with Crippen molar-refractivity contribution in [2.75, 3.05) is 6.61 Å². The molecule has 1 aromatic rings. The van der Waals surface area contributed by atoms with Crippen molar-refractivity contribution in [2.45, 2.75) is 58.8 Å². The maximum Gasteiger partial charge on any atom is 0.201 e. The van der Waals surface area contributed by atoms with Crippen molar-refractivity contribution >= 4 is 5.57 Å². The topological polar surface area (TPSA) is 9.23 Å². The Morgan fingerprint density at radius 1 is 1.17 bits per heavy atom. The number of unbranched alkanes of at least 4 members (excludes halogenated alkanes) is 2. The van der Waals surface area contributed by atoms with Crippen LogP contribution < -0.4 is 4.74 Å². The van der Waals surface area contributed by atoms with E-state index in [0.29, 0.717) is 18.1 Å². The highest BCUT2D eigenvalue weighted by molar-refractivity contribution is 5.67. The fraction of sp³-hybridized carbons (Fsp3) is 0.524. The third kappa shape index (κ3) is 4.93. The summed E-state index contributed by atoms with van der Waals surface area (Å²) in [5.41, 5.74) is 1.29. The second-order valence-corrected chi connectivity index (χ2v) is 6.40. The Balaban J connectivity index is 2.05. The van der Waals surface area contributed by atoms with Crippen LogP contribution in [0.25, 0.3) is 5.57 Å². The molecule has 0 bridgehead atoms. The summed E-state index contributed by atoms with van der Waals surface area (Å²) in [4.78, 5) is 0. The second-order valence-electron chi connectivity index (χ2n) is 6.40. The Hall–Kier alpha value is -1.64. The van der Waals surface area contributed by atoms with Crippen LogP contribution in [0, 0.1) is 17.6 Å². The van der Waals surface area contributed by atoms with Crippen LogP contribution in [0.3, 0.4) is 0 Å². The molecule has 0 fully saturated rings. The van der Waals surface area contributed by atoms with Gasteiger partial charge in [-0.15, -0.1) is 0 Å². The zero-order valence-electron chi connectivity index (χ0n) is 14.8. The van der Waals surface area contributed by atoms with Crippen molar-refractivity contribution in [3.05, 3.63) is 47.6 Å². The average Bonchev–Trinajstić information content (AvgIpc) is 2.61. The monoisotopic (exact) mass is 334 g/mol. The first-order chi connectivity index (χ1) is 11.7. The molecule has 1 aliphatic rings. The zero-order valence-corrected chi connectivity index (χ0v) is 14.8. The molecule has 132 valence electrons. The summed E-state index contributed by atoms with van der Waals surface area (Å²) in [7, 11) is 0. The molecule has 0 spiro atoms. The molecule has 0 heterocycles. The van der Waals surface area contributed by atoms with Crippen LogP contribution in [0.5, 0.6) is 5.75 Å². The van der Waals surface area contributed by atoms with Gasteiger partial charge in [0.25, 0.3) is 0 Å². The van der Waals surface area contributed by atoms with Gasteiger partial charge in [0, 0.05) is 5.56 Å². The Bertz CT molecular complexity index is 590. The number of ether oxygens (including phenoxy) is 1. The molecule has 0 aromatic heterocycles. The number of halogens is 2. The molecule has 0 aliphatic heterocycles. The van der Waals surface area contributed by atoms with Crippen LogP contribution >= 0.6 is 0 Å². The number of benzene rings is 1. The number of hydrogen-bond donors (Lipinski definition) is 0. The second kappa shape index (κ2) is 9.61. The quantitative estimate of drug-likeness (QED) is 0.380. The summed E-state index contributed by atoms with van der Waals surface area (Å²) < 4.78 is 34.0. The lowest BCUT2D eigenvalue weighted by atomic mass is 9.86. The molecule has 1 unspecified atom stereocenters. The maximum absolute atomic E-state index is 14.4. The lowest BCUT2D eigenvalue weighted by Gasteiger charge is -2.20. The van der Waals surface area contributed by atoms with Gasteiger partial charge in [-0.25, -0.2) is 4.39 Å². The normalized spacial score (nSPS) is 18.0. The highest BCUT2D eigenvalue weighted by Crippen LogP contribution is 2.34. The van der Waals surface area contributed by atoms with Gasteiger partial charge in [0.1, 0.15) is 0 Å². The number of allylic oxidation sites excluding steroid dienone is 4. The van der Waals surface area contributed by atoms with E-state index in [0.717, 1.165) is 50.5 Å². The Kier molecular flexibility index (Phi) is 7.48. The number of hydrogen-bond acceptors (Lipinski definition) is 1. The number of rotatable bonds is 8. The minimum atomic E-state index is -0.863. The summed E-state index contributed by atoms with van der Waals surface area (Å²) in [6.45, 7) is 4.64. The molecule has 0 saturated heterocycles. The zero-order chi connectivity index (χ0) is 17.4. The van der Waals surface area contributed by atoms with Crippen molar-refractivity contribution in [3.63, 3.8) is 0 Å². The standard InChI is InChI=1S/C21H28F2O/c1-3-5-7-15-24-19-14-13-18(20(22)21(19)23)17-11-9-16(10-12-17)8-6-4-2/h6,8,11,13-14,16H,3-5,7,9-10,12,15H2,1-2H3/b8-6+. The van der Waals surface area contributed by atoms with E-state index in [9.17, 15) is 8.78 Å². The van der Waals surface area contributed by atoms with E-state index in [1.807, 2.05) is 6.08 Å². The van der Waals surface area contributed by atoms with E-state index in [1.54, 1.807) is 12.1 Å². The van der Waals surface area contributed by atoms with Crippen LogP contribution in [0.2, 0.25) is 0 Å². The van der Waals surface area contributed by atoms with Crippen LogP contribution in [-0.4, -0.2) is 6.61 Å². The predicted octanol–water partition coefficient (Wildman–Crippen LogP) is 6.68. The minimum Gasteiger partial charge on any atom is -0.490 e. The van der Waals surface area contributed by atoms with Crippen LogP contribution in [0.15, 0.2) is 30.4 Å². The van der Waals surface area contributed by atoms with Gasteiger partial charge in [-0.3, -0.25) is 0 Å². The van der Waals surface area contributed by atoms with E-state index in [2.05, 4.69) is 26.0 Å². The molecule has 0 N–H and O–H groups in total. The Morgan fingerprint density at radius 2 is 2.00 bits per heavy atom.